The van der Waals surface area contributed by atoms with Gasteiger partial charge in [0.25, 0.3) is 0 Å². The van der Waals surface area contributed by atoms with Gasteiger partial charge in [-0.25, -0.2) is 0 Å². The van der Waals surface area contributed by atoms with E-state index >= 15 is 0 Å². The van der Waals surface area contributed by atoms with Crippen molar-refractivity contribution in [2.24, 2.45) is 0 Å². The Hall–Kier alpha value is -3.06. The molecule has 0 saturated heterocycles. The predicted molar refractivity (Wildman–Crippen MR) is 235 cm³/mol. The van der Waals surface area contributed by atoms with Crippen LogP contribution in [0.25, 0.3) is 0 Å². The maximum absolute atomic E-state index is 7.86. The Morgan fingerprint density at radius 2 is 0.782 bits per heavy atom. The first-order valence-corrected chi connectivity index (χ1v) is 20.8. The number of benzene rings is 2. The molecule has 0 radical (unpaired) electrons. The lowest BCUT2D eigenvalue weighted by atomic mass is 10.0. The van der Waals surface area contributed by atoms with E-state index in [0.29, 0.717) is 34.5 Å². The summed E-state index contributed by atoms with van der Waals surface area (Å²) in [5.41, 5.74) is 1.42. The summed E-state index contributed by atoms with van der Waals surface area (Å²) in [6, 6.07) is 13.9. The van der Waals surface area contributed by atoms with Gasteiger partial charge in [-0.2, -0.15) is 0 Å². The molecule has 312 valence electrons. The average molecular weight is 870 g/mol. The highest BCUT2D eigenvalue weighted by Crippen LogP contribution is 2.15. The Kier molecular flexibility index (Phi) is 31.3. The van der Waals surface area contributed by atoms with E-state index in [2.05, 4.69) is 60.0 Å². The zero-order valence-corrected chi connectivity index (χ0v) is 37.1. The largest absolute Gasteiger partial charge is 1.00 e. The van der Waals surface area contributed by atoms with E-state index in [9.17, 15) is 0 Å². The van der Waals surface area contributed by atoms with Gasteiger partial charge >= 0.3 is 0 Å². The van der Waals surface area contributed by atoms with Crippen LogP contribution in [0, 0.1) is 21.6 Å². The molecule has 2 aromatic carbocycles. The number of nitrogens with one attached hydrogen (secondary N) is 10. The molecule has 0 unspecified atom stereocenters. The number of hydrogen-bond donors (Lipinski definition) is 10. The third-order valence-electron chi connectivity index (χ3n) is 8.62. The highest BCUT2D eigenvalue weighted by atomic mass is 79.9. The van der Waals surface area contributed by atoms with Gasteiger partial charge in [0.15, 0.2) is 23.8 Å². The van der Waals surface area contributed by atoms with Crippen LogP contribution in [0.15, 0.2) is 48.5 Å². The van der Waals surface area contributed by atoms with E-state index < -0.39 is 0 Å². The molecule has 0 aliphatic rings. The molecule has 0 amide bonds. The number of quaternary nitrogens is 1. The first-order chi connectivity index (χ1) is 25.9. The summed E-state index contributed by atoms with van der Waals surface area (Å²) in [5.74, 6) is 0.112. The Morgan fingerprint density at radius 3 is 1.11 bits per heavy atom. The van der Waals surface area contributed by atoms with Gasteiger partial charge in [0, 0.05) is 34.5 Å². The number of rotatable bonds is 24. The Bertz CT molecular complexity index is 1220. The fraction of sp³-hybridized carbons (Fsp3) is 0.610. The van der Waals surface area contributed by atoms with Crippen LogP contribution < -0.4 is 48.9 Å². The van der Waals surface area contributed by atoms with Crippen LogP contribution in [-0.4, -0.2) is 69.1 Å². The molecule has 2 aromatic rings. The predicted octanol–water partition coefficient (Wildman–Crippen LogP) is 7.35. The van der Waals surface area contributed by atoms with Crippen molar-refractivity contribution in [3.05, 3.63) is 58.6 Å². The van der Waals surface area contributed by atoms with E-state index in [1.807, 2.05) is 0 Å². The number of unbranched alkanes of at least 4 members (excludes halogenated alkanes) is 16. The maximum Gasteiger partial charge on any atom is 0.199 e. The summed E-state index contributed by atoms with van der Waals surface area (Å²) in [6.45, 7) is 4.87. The highest BCUT2D eigenvalue weighted by Gasteiger charge is 2.06. The van der Waals surface area contributed by atoms with Crippen LogP contribution in [0.3, 0.4) is 0 Å². The van der Waals surface area contributed by atoms with Gasteiger partial charge in [0.1, 0.15) is 0 Å². The van der Waals surface area contributed by atoms with Crippen molar-refractivity contribution in [2.75, 3.05) is 51.4 Å². The molecular formula is C41H72BrCl2N11. The summed E-state index contributed by atoms with van der Waals surface area (Å²) < 4.78 is 1.12. The molecule has 0 saturated carbocycles. The molecular weight excluding hydrogens is 797 g/mol. The standard InChI is InChI=1S/C22H30Cl2N10.C19H42N.BrH/c23-15-5-9-17(10-6-15)31-21(27)33-19(25)29-13-3-1-2-4-14-30-20(26)34-22(28)32-18-11-7-16(24)8-12-18;1-5-6-7-8-9-10-11-12-13-14-15-16-17-18-19-20(2,3)4;/h5-12H,1-4,13-14H2,(H5,25,27,29,31,33)(H5,26,28,30,32,34);5-19H2,1-4H3;1H/q;+1;/p-1. The molecule has 0 aliphatic carbocycles. The van der Waals surface area contributed by atoms with Crippen molar-refractivity contribution in [3.8, 4) is 0 Å². The van der Waals surface area contributed by atoms with Gasteiger partial charge in [-0.3, -0.25) is 32.3 Å². The molecule has 0 aromatic heterocycles. The SMILES string of the molecule is CCCCCCCCCCCCCCCC[N+](C)(C)C.N=C(NCCCCCCNC(=N)NC(=N)Nc1ccc(Cl)cc1)NC(=N)Nc1ccc(Cl)cc1.[Br-]. The monoisotopic (exact) mass is 867 g/mol. The van der Waals surface area contributed by atoms with Crippen LogP contribution in [0.2, 0.25) is 10.0 Å². The summed E-state index contributed by atoms with van der Waals surface area (Å²) >= 11 is 11.7. The number of hydrogen-bond acceptors (Lipinski definition) is 4. The Morgan fingerprint density at radius 1 is 0.473 bits per heavy atom. The van der Waals surface area contributed by atoms with Crippen molar-refractivity contribution in [2.45, 2.75) is 122 Å². The quantitative estimate of drug-likeness (QED) is 0.0229. The minimum absolute atomic E-state index is 0. The third kappa shape index (κ3) is 32.9. The van der Waals surface area contributed by atoms with Crippen molar-refractivity contribution in [3.63, 3.8) is 0 Å². The van der Waals surface area contributed by atoms with Crippen molar-refractivity contribution >= 4 is 58.4 Å². The summed E-state index contributed by atoms with van der Waals surface area (Å²) in [4.78, 5) is 0. The lowest BCUT2D eigenvalue weighted by Gasteiger charge is -2.23. The molecule has 11 nitrogen and oxygen atoms in total. The van der Waals surface area contributed by atoms with Crippen LogP contribution in [0.5, 0.6) is 0 Å². The highest BCUT2D eigenvalue weighted by molar-refractivity contribution is 6.31. The Labute approximate surface area is 353 Å². The smallest absolute Gasteiger partial charge is 0.199 e. The number of anilines is 2. The van der Waals surface area contributed by atoms with Gasteiger partial charge < -0.3 is 42.7 Å². The molecule has 0 fully saturated rings. The van der Waals surface area contributed by atoms with Gasteiger partial charge in [0.05, 0.1) is 27.7 Å². The zero-order chi connectivity index (χ0) is 39.9. The second-order valence-corrected chi connectivity index (χ2v) is 15.8. The summed E-state index contributed by atoms with van der Waals surface area (Å²) in [5, 5.41) is 49.5. The summed E-state index contributed by atoms with van der Waals surface area (Å²) in [7, 11) is 6.88. The van der Waals surface area contributed by atoms with E-state index in [0.717, 1.165) is 30.2 Å². The van der Waals surface area contributed by atoms with Crippen LogP contribution in [-0.2, 0) is 0 Å². The molecule has 2 rings (SSSR count). The average Bonchev–Trinajstić information content (AvgIpc) is 3.11. The zero-order valence-electron chi connectivity index (χ0n) is 34.0. The van der Waals surface area contributed by atoms with E-state index in [-0.39, 0.29) is 40.8 Å². The minimum Gasteiger partial charge on any atom is -1.00 e. The molecule has 10 N–H and O–H groups in total. The van der Waals surface area contributed by atoms with Gasteiger partial charge in [0.2, 0.25) is 0 Å². The second kappa shape index (κ2) is 33.1. The van der Waals surface area contributed by atoms with Gasteiger partial charge in [-0.1, -0.05) is 120 Å². The molecule has 0 atom stereocenters. The van der Waals surface area contributed by atoms with Crippen LogP contribution >= 0.6 is 23.2 Å². The van der Waals surface area contributed by atoms with Gasteiger partial charge in [-0.05, 0) is 74.2 Å². The first-order valence-electron chi connectivity index (χ1n) is 20.1. The molecule has 0 spiro atoms. The Balaban J connectivity index is 0.00000119. The number of halogens is 3. The van der Waals surface area contributed by atoms with E-state index in [4.69, 9.17) is 44.8 Å². The topological polar surface area (TPSA) is 168 Å². The molecule has 0 heterocycles. The van der Waals surface area contributed by atoms with E-state index in [1.165, 1.54) is 96.4 Å². The van der Waals surface area contributed by atoms with Gasteiger partial charge in [-0.15, -0.1) is 0 Å². The molecule has 14 heteroatoms. The lowest BCUT2D eigenvalue weighted by molar-refractivity contribution is -0.870. The molecule has 55 heavy (non-hydrogen) atoms. The minimum atomic E-state index is -0.00148. The first kappa shape index (κ1) is 51.9. The van der Waals surface area contributed by atoms with Crippen LogP contribution in [0.1, 0.15) is 122 Å². The molecule has 0 bridgehead atoms. The van der Waals surface area contributed by atoms with E-state index in [1.54, 1.807) is 48.5 Å². The number of guanidine groups is 4. The van der Waals surface area contributed by atoms with Crippen LogP contribution in [0.4, 0.5) is 11.4 Å². The summed E-state index contributed by atoms with van der Waals surface area (Å²) in [6.07, 6.45) is 24.1. The third-order valence-corrected chi connectivity index (χ3v) is 9.12. The lowest BCUT2D eigenvalue weighted by Crippen LogP contribution is -3.00. The second-order valence-electron chi connectivity index (χ2n) is 14.9. The molecule has 0 aliphatic heterocycles. The van der Waals surface area contributed by atoms with Crippen molar-refractivity contribution in [1.82, 2.24) is 21.3 Å². The fourth-order valence-electron chi connectivity index (χ4n) is 5.57. The van der Waals surface area contributed by atoms with Crippen molar-refractivity contribution in [1.29, 1.82) is 21.6 Å². The fourth-order valence-corrected chi connectivity index (χ4v) is 5.82. The number of nitrogens with zero attached hydrogens (tertiary/aromatic N) is 1. The maximum atomic E-state index is 7.86. The van der Waals surface area contributed by atoms with Crippen molar-refractivity contribution < 1.29 is 21.5 Å². The normalized spacial score (nSPS) is 10.6.